The van der Waals surface area contributed by atoms with E-state index in [1.807, 2.05) is 34.9 Å². The second-order valence-corrected chi connectivity index (χ2v) is 7.40. The Hall–Kier alpha value is -1.88. The van der Waals surface area contributed by atoms with Gasteiger partial charge in [0.2, 0.25) is 11.8 Å². The van der Waals surface area contributed by atoms with Crippen LogP contribution in [-0.2, 0) is 20.7 Å². The third kappa shape index (κ3) is 3.87. The highest BCUT2D eigenvalue weighted by Gasteiger charge is 2.49. The highest BCUT2D eigenvalue weighted by atomic mass is 16.5. The molecule has 0 saturated carbocycles. The molecule has 3 rings (SSSR count). The minimum atomic E-state index is -0.367. The first-order valence-electron chi connectivity index (χ1n) is 9.16. The molecule has 0 bridgehead atoms. The third-order valence-corrected chi connectivity index (χ3v) is 5.53. The van der Waals surface area contributed by atoms with E-state index in [1.54, 1.807) is 7.11 Å². The van der Waals surface area contributed by atoms with Crippen molar-refractivity contribution in [2.75, 3.05) is 39.9 Å². The van der Waals surface area contributed by atoms with Gasteiger partial charge in [0, 0.05) is 33.3 Å². The van der Waals surface area contributed by atoms with Gasteiger partial charge in [-0.05, 0) is 31.7 Å². The van der Waals surface area contributed by atoms with Crippen LogP contribution in [0, 0.1) is 12.3 Å². The van der Waals surface area contributed by atoms with E-state index in [1.165, 1.54) is 5.56 Å². The minimum absolute atomic E-state index is 0.129. The van der Waals surface area contributed by atoms with E-state index in [4.69, 9.17) is 4.74 Å². The van der Waals surface area contributed by atoms with Gasteiger partial charge in [0.25, 0.3) is 0 Å². The SMILES string of the molecule is COCCN1CCC[C@]2(CCN(C(=O)Cc3cccc(C)c3)C2)C1=O. The summed E-state index contributed by atoms with van der Waals surface area (Å²) in [5, 5.41) is 0. The number of aryl methyl sites for hydroxylation is 1. The summed E-state index contributed by atoms with van der Waals surface area (Å²) in [6, 6.07) is 8.08. The van der Waals surface area contributed by atoms with Gasteiger partial charge in [-0.3, -0.25) is 9.59 Å². The first kappa shape index (κ1) is 17.9. The summed E-state index contributed by atoms with van der Waals surface area (Å²) in [6.07, 6.45) is 3.10. The molecule has 5 heteroatoms. The molecule has 0 aromatic heterocycles. The maximum absolute atomic E-state index is 13.0. The van der Waals surface area contributed by atoms with Crippen molar-refractivity contribution in [2.45, 2.75) is 32.6 Å². The van der Waals surface area contributed by atoms with Gasteiger partial charge >= 0.3 is 0 Å². The number of likely N-dealkylation sites (tertiary alicyclic amines) is 2. The van der Waals surface area contributed by atoms with Gasteiger partial charge < -0.3 is 14.5 Å². The summed E-state index contributed by atoms with van der Waals surface area (Å²) in [5.41, 5.74) is 1.84. The van der Waals surface area contributed by atoms with Crippen LogP contribution in [0.1, 0.15) is 30.4 Å². The molecule has 136 valence electrons. The third-order valence-electron chi connectivity index (χ3n) is 5.53. The Morgan fingerprint density at radius 1 is 1.28 bits per heavy atom. The Labute approximate surface area is 149 Å². The lowest BCUT2D eigenvalue weighted by molar-refractivity contribution is -0.146. The van der Waals surface area contributed by atoms with Crippen LogP contribution < -0.4 is 0 Å². The quantitative estimate of drug-likeness (QED) is 0.821. The molecule has 2 aliphatic heterocycles. The zero-order chi connectivity index (χ0) is 17.9. The van der Waals surface area contributed by atoms with Crippen LogP contribution in [0.2, 0.25) is 0 Å². The van der Waals surface area contributed by atoms with Crippen molar-refractivity contribution in [3.63, 3.8) is 0 Å². The van der Waals surface area contributed by atoms with Crippen molar-refractivity contribution in [3.05, 3.63) is 35.4 Å². The van der Waals surface area contributed by atoms with Gasteiger partial charge in [0.05, 0.1) is 18.4 Å². The smallest absolute Gasteiger partial charge is 0.230 e. The van der Waals surface area contributed by atoms with E-state index in [2.05, 4.69) is 6.07 Å². The molecule has 2 fully saturated rings. The van der Waals surface area contributed by atoms with E-state index < -0.39 is 0 Å². The molecule has 0 unspecified atom stereocenters. The molecule has 1 aromatic carbocycles. The number of carbonyl (C=O) groups excluding carboxylic acids is 2. The highest BCUT2D eigenvalue weighted by molar-refractivity contribution is 5.86. The van der Waals surface area contributed by atoms with E-state index >= 15 is 0 Å². The number of carbonyl (C=O) groups is 2. The summed E-state index contributed by atoms with van der Waals surface area (Å²) in [7, 11) is 1.66. The number of rotatable bonds is 5. The van der Waals surface area contributed by atoms with Gasteiger partial charge in [-0.15, -0.1) is 0 Å². The largest absolute Gasteiger partial charge is 0.383 e. The molecular formula is C20H28N2O3. The predicted octanol–water partition coefficient (Wildman–Crippen LogP) is 2.03. The molecule has 25 heavy (non-hydrogen) atoms. The van der Waals surface area contributed by atoms with Crippen molar-refractivity contribution in [2.24, 2.45) is 5.41 Å². The fourth-order valence-corrected chi connectivity index (χ4v) is 4.14. The van der Waals surface area contributed by atoms with Crippen LogP contribution in [0.15, 0.2) is 24.3 Å². The molecule has 1 spiro atoms. The molecule has 5 nitrogen and oxygen atoms in total. The Morgan fingerprint density at radius 3 is 2.88 bits per heavy atom. The first-order chi connectivity index (χ1) is 12.0. The van der Waals surface area contributed by atoms with E-state index in [-0.39, 0.29) is 17.2 Å². The summed E-state index contributed by atoms with van der Waals surface area (Å²) < 4.78 is 5.12. The zero-order valence-electron chi connectivity index (χ0n) is 15.3. The van der Waals surface area contributed by atoms with Crippen molar-refractivity contribution in [3.8, 4) is 0 Å². The molecule has 1 aromatic rings. The summed E-state index contributed by atoms with van der Waals surface area (Å²) in [5.74, 6) is 0.339. The fraction of sp³-hybridized carbons (Fsp3) is 0.600. The van der Waals surface area contributed by atoms with Crippen LogP contribution in [0.25, 0.3) is 0 Å². The van der Waals surface area contributed by atoms with Gasteiger partial charge in [0.1, 0.15) is 0 Å². The summed E-state index contributed by atoms with van der Waals surface area (Å²) >= 11 is 0. The minimum Gasteiger partial charge on any atom is -0.383 e. The second kappa shape index (κ2) is 7.56. The summed E-state index contributed by atoms with van der Waals surface area (Å²) in [4.78, 5) is 29.5. The normalized spacial score (nSPS) is 23.5. The van der Waals surface area contributed by atoms with Crippen LogP contribution in [0.4, 0.5) is 0 Å². The average molecular weight is 344 g/mol. The Morgan fingerprint density at radius 2 is 2.12 bits per heavy atom. The molecule has 1 atom stereocenters. The Kier molecular flexibility index (Phi) is 5.42. The molecule has 0 aliphatic carbocycles. The molecule has 0 radical (unpaired) electrons. The van der Waals surface area contributed by atoms with Gasteiger partial charge in [-0.2, -0.15) is 0 Å². The van der Waals surface area contributed by atoms with Crippen molar-refractivity contribution >= 4 is 11.8 Å². The fourth-order valence-electron chi connectivity index (χ4n) is 4.14. The Bertz CT molecular complexity index is 646. The molecule has 0 N–H and O–H groups in total. The van der Waals surface area contributed by atoms with Gasteiger partial charge in [0.15, 0.2) is 0 Å². The zero-order valence-corrected chi connectivity index (χ0v) is 15.3. The van der Waals surface area contributed by atoms with E-state index in [9.17, 15) is 9.59 Å². The Balaban J connectivity index is 1.63. The first-order valence-corrected chi connectivity index (χ1v) is 9.16. The molecule has 2 heterocycles. The van der Waals surface area contributed by atoms with Crippen molar-refractivity contribution < 1.29 is 14.3 Å². The van der Waals surface area contributed by atoms with Crippen LogP contribution in [0.5, 0.6) is 0 Å². The van der Waals surface area contributed by atoms with Gasteiger partial charge in [-0.1, -0.05) is 29.8 Å². The van der Waals surface area contributed by atoms with Crippen molar-refractivity contribution in [1.29, 1.82) is 0 Å². The van der Waals surface area contributed by atoms with Crippen LogP contribution in [-0.4, -0.2) is 61.5 Å². The lowest BCUT2D eigenvalue weighted by atomic mass is 9.78. The lowest BCUT2D eigenvalue weighted by Gasteiger charge is -2.39. The maximum atomic E-state index is 13.0. The average Bonchev–Trinajstić information content (AvgIpc) is 3.02. The number of methoxy groups -OCH3 is 1. The van der Waals surface area contributed by atoms with Crippen molar-refractivity contribution in [1.82, 2.24) is 9.80 Å². The van der Waals surface area contributed by atoms with Crippen LogP contribution in [0.3, 0.4) is 0 Å². The molecule has 2 aliphatic rings. The molecular weight excluding hydrogens is 316 g/mol. The number of hydrogen-bond acceptors (Lipinski definition) is 3. The monoisotopic (exact) mass is 344 g/mol. The second-order valence-electron chi connectivity index (χ2n) is 7.40. The van der Waals surface area contributed by atoms with Gasteiger partial charge in [-0.25, -0.2) is 0 Å². The van der Waals surface area contributed by atoms with E-state index in [0.717, 1.165) is 31.4 Å². The van der Waals surface area contributed by atoms with E-state index in [0.29, 0.717) is 32.7 Å². The topological polar surface area (TPSA) is 49.9 Å². The highest BCUT2D eigenvalue weighted by Crippen LogP contribution is 2.40. The standard InChI is InChI=1S/C20H28N2O3/c1-16-5-3-6-17(13-16)14-18(23)22-10-8-20(15-22)7-4-9-21(19(20)24)11-12-25-2/h3,5-6,13H,4,7-12,14-15H2,1-2H3/t20-/m1/s1. The number of hydrogen-bond donors (Lipinski definition) is 0. The molecule has 2 amide bonds. The number of amides is 2. The van der Waals surface area contributed by atoms with Crippen LogP contribution >= 0.6 is 0 Å². The number of benzene rings is 1. The summed E-state index contributed by atoms with van der Waals surface area (Å²) in [6.45, 7) is 5.32. The molecule has 2 saturated heterocycles. The predicted molar refractivity (Wildman–Crippen MR) is 96.2 cm³/mol. The number of piperidine rings is 1. The lowest BCUT2D eigenvalue weighted by Crippen LogP contribution is -2.51. The maximum Gasteiger partial charge on any atom is 0.230 e. The number of nitrogens with zero attached hydrogens (tertiary/aromatic N) is 2. The number of ether oxygens (including phenoxy) is 1.